The molecule has 1 saturated heterocycles. The van der Waals surface area contributed by atoms with E-state index in [9.17, 15) is 0 Å². The Morgan fingerprint density at radius 2 is 1.90 bits per heavy atom. The van der Waals surface area contributed by atoms with Gasteiger partial charge in [0.05, 0.1) is 0 Å². The first kappa shape index (κ1) is 14.6. The molecule has 3 rings (SSSR count). The first-order valence-corrected chi connectivity index (χ1v) is 8.23. The second kappa shape index (κ2) is 6.59. The zero-order valence-corrected chi connectivity index (χ0v) is 13.0. The molecule has 2 N–H and O–H groups in total. The van der Waals surface area contributed by atoms with E-state index in [2.05, 4.69) is 54.3 Å². The molecule has 2 aromatic carbocycles. The number of nitrogens with two attached hydrogens (primary N) is 1. The maximum atomic E-state index is 6.56. The van der Waals surface area contributed by atoms with Crippen molar-refractivity contribution in [2.24, 2.45) is 5.73 Å². The number of hydrogen-bond donors (Lipinski definition) is 1. The third-order valence-electron chi connectivity index (χ3n) is 4.84. The maximum Gasteiger partial charge on any atom is 0.0430 e. The van der Waals surface area contributed by atoms with Gasteiger partial charge in [-0.05, 0) is 42.6 Å². The van der Waals surface area contributed by atoms with Crippen LogP contribution in [-0.2, 0) is 0 Å². The lowest BCUT2D eigenvalue weighted by Crippen LogP contribution is -2.38. The highest BCUT2D eigenvalue weighted by Gasteiger charge is 2.20. The fourth-order valence-corrected chi connectivity index (χ4v) is 3.53. The highest BCUT2D eigenvalue weighted by molar-refractivity contribution is 5.86. The fraction of sp³-hybridized carbons (Fsp3) is 0.474. The van der Waals surface area contributed by atoms with E-state index < -0.39 is 0 Å². The second-order valence-corrected chi connectivity index (χ2v) is 6.37. The van der Waals surface area contributed by atoms with Crippen molar-refractivity contribution in [2.75, 3.05) is 13.1 Å². The Labute approximate surface area is 127 Å². The van der Waals surface area contributed by atoms with Crippen molar-refractivity contribution in [3.63, 3.8) is 0 Å². The summed E-state index contributed by atoms with van der Waals surface area (Å²) in [6, 6.07) is 15.8. The third-order valence-corrected chi connectivity index (χ3v) is 4.84. The van der Waals surface area contributed by atoms with Crippen molar-refractivity contribution >= 4 is 10.8 Å². The highest BCUT2D eigenvalue weighted by Crippen LogP contribution is 2.25. The molecule has 1 heterocycles. The van der Waals surface area contributed by atoms with Crippen molar-refractivity contribution < 1.29 is 0 Å². The first-order chi connectivity index (χ1) is 10.3. The van der Waals surface area contributed by atoms with Crippen molar-refractivity contribution in [3.05, 3.63) is 48.0 Å². The smallest absolute Gasteiger partial charge is 0.0430 e. The lowest BCUT2D eigenvalue weighted by Gasteiger charge is -2.30. The predicted molar refractivity (Wildman–Crippen MR) is 90.4 cm³/mol. The molecular weight excluding hydrogens is 256 g/mol. The van der Waals surface area contributed by atoms with Gasteiger partial charge in [0.15, 0.2) is 0 Å². The Kier molecular flexibility index (Phi) is 4.57. The Bertz CT molecular complexity index is 588. The minimum atomic E-state index is 0.0941. The van der Waals surface area contributed by atoms with Crippen LogP contribution in [0.25, 0.3) is 10.8 Å². The van der Waals surface area contributed by atoms with Gasteiger partial charge < -0.3 is 5.73 Å². The van der Waals surface area contributed by atoms with E-state index in [0.717, 1.165) is 6.54 Å². The molecule has 1 aliphatic heterocycles. The second-order valence-electron chi connectivity index (χ2n) is 6.37. The number of nitrogens with zero attached hydrogens (tertiary/aromatic N) is 1. The number of fused-ring (bicyclic) bond motifs is 1. The van der Waals surface area contributed by atoms with Gasteiger partial charge in [-0.3, -0.25) is 4.90 Å². The van der Waals surface area contributed by atoms with Crippen LogP contribution in [0.5, 0.6) is 0 Å². The van der Waals surface area contributed by atoms with E-state index >= 15 is 0 Å². The quantitative estimate of drug-likeness (QED) is 0.918. The summed E-state index contributed by atoms with van der Waals surface area (Å²) in [5.74, 6) is 0. The average Bonchev–Trinajstić information content (AvgIpc) is 2.71. The van der Waals surface area contributed by atoms with E-state index in [1.165, 1.54) is 48.6 Å². The minimum Gasteiger partial charge on any atom is -0.323 e. The molecule has 0 spiro atoms. The number of benzene rings is 2. The summed E-state index contributed by atoms with van der Waals surface area (Å²) in [4.78, 5) is 2.58. The third kappa shape index (κ3) is 3.28. The SMILES string of the molecule is CC1CCCCCN1CC(N)c1cccc2ccccc12. The van der Waals surface area contributed by atoms with Crippen molar-refractivity contribution in [2.45, 2.75) is 44.7 Å². The van der Waals surface area contributed by atoms with Gasteiger partial charge >= 0.3 is 0 Å². The van der Waals surface area contributed by atoms with E-state index in [-0.39, 0.29) is 6.04 Å². The Morgan fingerprint density at radius 1 is 1.10 bits per heavy atom. The summed E-state index contributed by atoms with van der Waals surface area (Å²) in [5, 5.41) is 2.59. The van der Waals surface area contributed by atoms with Crippen LogP contribution in [0.15, 0.2) is 42.5 Å². The number of rotatable bonds is 3. The minimum absolute atomic E-state index is 0.0941. The van der Waals surface area contributed by atoms with Gasteiger partial charge in [0, 0.05) is 18.6 Å². The van der Waals surface area contributed by atoms with Gasteiger partial charge in [-0.25, -0.2) is 0 Å². The van der Waals surface area contributed by atoms with E-state index in [1.807, 2.05) is 0 Å². The Balaban J connectivity index is 1.81. The Morgan fingerprint density at radius 3 is 2.81 bits per heavy atom. The molecule has 112 valence electrons. The molecule has 2 aromatic rings. The molecule has 0 amide bonds. The molecule has 1 aliphatic rings. The molecule has 2 nitrogen and oxygen atoms in total. The lowest BCUT2D eigenvalue weighted by atomic mass is 9.98. The molecule has 0 bridgehead atoms. The average molecular weight is 282 g/mol. The van der Waals surface area contributed by atoms with E-state index in [0.29, 0.717) is 6.04 Å². The molecular formula is C19H26N2. The molecule has 0 aliphatic carbocycles. The van der Waals surface area contributed by atoms with Gasteiger partial charge in [0.2, 0.25) is 0 Å². The number of hydrogen-bond acceptors (Lipinski definition) is 2. The van der Waals surface area contributed by atoms with Crippen molar-refractivity contribution in [3.8, 4) is 0 Å². The summed E-state index contributed by atoms with van der Waals surface area (Å²) in [6.07, 6.45) is 5.35. The van der Waals surface area contributed by atoms with Gasteiger partial charge in [-0.15, -0.1) is 0 Å². The zero-order chi connectivity index (χ0) is 14.7. The molecule has 0 aromatic heterocycles. The normalized spacial score (nSPS) is 22.1. The highest BCUT2D eigenvalue weighted by atomic mass is 15.2. The van der Waals surface area contributed by atoms with Gasteiger partial charge in [-0.1, -0.05) is 55.3 Å². The standard InChI is InChI=1S/C19H26N2/c1-15-8-3-2-6-13-21(15)14-19(20)18-12-7-10-16-9-4-5-11-17(16)18/h4-5,7,9-12,15,19H,2-3,6,8,13-14,20H2,1H3. The molecule has 0 saturated carbocycles. The molecule has 0 radical (unpaired) electrons. The summed E-state index contributed by atoms with van der Waals surface area (Å²) in [5.41, 5.74) is 7.85. The largest absolute Gasteiger partial charge is 0.323 e. The molecule has 2 heteroatoms. The number of likely N-dealkylation sites (tertiary alicyclic amines) is 1. The fourth-order valence-electron chi connectivity index (χ4n) is 3.53. The van der Waals surface area contributed by atoms with Crippen LogP contribution in [0.1, 0.15) is 44.2 Å². The summed E-state index contributed by atoms with van der Waals surface area (Å²) >= 11 is 0. The predicted octanol–water partition coefficient (Wildman–Crippen LogP) is 4.10. The van der Waals surface area contributed by atoms with Crippen molar-refractivity contribution in [1.82, 2.24) is 4.90 Å². The monoisotopic (exact) mass is 282 g/mol. The van der Waals surface area contributed by atoms with E-state index in [4.69, 9.17) is 5.73 Å². The van der Waals surface area contributed by atoms with Crippen LogP contribution >= 0.6 is 0 Å². The molecule has 2 unspecified atom stereocenters. The Hall–Kier alpha value is -1.38. The van der Waals surface area contributed by atoms with Gasteiger partial charge in [0.1, 0.15) is 0 Å². The molecule has 21 heavy (non-hydrogen) atoms. The van der Waals surface area contributed by atoms with Crippen LogP contribution in [0.4, 0.5) is 0 Å². The molecule has 1 fully saturated rings. The van der Waals surface area contributed by atoms with Crippen LogP contribution in [0, 0.1) is 0 Å². The van der Waals surface area contributed by atoms with Crippen LogP contribution in [-0.4, -0.2) is 24.0 Å². The topological polar surface area (TPSA) is 29.3 Å². The lowest BCUT2D eigenvalue weighted by molar-refractivity contribution is 0.201. The van der Waals surface area contributed by atoms with Gasteiger partial charge in [0.25, 0.3) is 0 Å². The zero-order valence-electron chi connectivity index (χ0n) is 13.0. The van der Waals surface area contributed by atoms with Crippen molar-refractivity contribution in [1.29, 1.82) is 0 Å². The van der Waals surface area contributed by atoms with Gasteiger partial charge in [-0.2, -0.15) is 0 Å². The van der Waals surface area contributed by atoms with E-state index in [1.54, 1.807) is 0 Å². The van der Waals surface area contributed by atoms with Crippen LogP contribution in [0.2, 0.25) is 0 Å². The van der Waals surface area contributed by atoms with Crippen LogP contribution in [0.3, 0.4) is 0 Å². The summed E-state index contributed by atoms with van der Waals surface area (Å²) < 4.78 is 0. The first-order valence-electron chi connectivity index (χ1n) is 8.23. The summed E-state index contributed by atoms with van der Waals surface area (Å²) in [7, 11) is 0. The summed E-state index contributed by atoms with van der Waals surface area (Å²) in [6.45, 7) is 4.51. The van der Waals surface area contributed by atoms with Crippen LogP contribution < -0.4 is 5.73 Å². The molecule has 2 atom stereocenters. The maximum absolute atomic E-state index is 6.56.